The van der Waals surface area contributed by atoms with Crippen LogP contribution in [-0.2, 0) is 5.75 Å². The van der Waals surface area contributed by atoms with Gasteiger partial charge in [-0.15, -0.1) is 21.5 Å². The first-order chi connectivity index (χ1) is 11.8. The predicted molar refractivity (Wildman–Crippen MR) is 99.2 cm³/mol. The van der Waals surface area contributed by atoms with E-state index in [2.05, 4.69) is 32.3 Å². The molecule has 0 spiro atoms. The Hall–Kier alpha value is -1.50. The van der Waals surface area contributed by atoms with Crippen LogP contribution in [0.2, 0.25) is 5.02 Å². The Morgan fingerprint density at radius 3 is 2.92 bits per heavy atom. The van der Waals surface area contributed by atoms with Crippen LogP contribution >= 0.6 is 34.7 Å². The Bertz CT molecular complexity index is 844. The maximum atomic E-state index is 6.12. The molecule has 0 aliphatic heterocycles. The number of thiophene rings is 1. The topological polar surface area (TPSA) is 39.9 Å². The van der Waals surface area contributed by atoms with Crippen molar-refractivity contribution in [2.75, 3.05) is 7.11 Å². The minimum atomic E-state index is 0.529. The van der Waals surface area contributed by atoms with Crippen LogP contribution in [0.3, 0.4) is 0 Å². The summed E-state index contributed by atoms with van der Waals surface area (Å²) in [6, 6.07) is 10.4. The molecule has 0 radical (unpaired) electrons. The normalized spacial score (nSPS) is 14.1. The first kappa shape index (κ1) is 16.0. The molecule has 2 heterocycles. The highest BCUT2D eigenvalue weighted by molar-refractivity contribution is 7.98. The second-order valence-corrected chi connectivity index (χ2v) is 7.96. The van der Waals surface area contributed by atoms with Gasteiger partial charge in [0.05, 0.1) is 12.0 Å². The Kier molecular flexibility index (Phi) is 4.52. The lowest BCUT2D eigenvalue weighted by molar-refractivity contribution is 0.411. The fourth-order valence-corrected chi connectivity index (χ4v) is 4.50. The first-order valence-corrected chi connectivity index (χ1v) is 9.94. The number of nitrogens with zero attached hydrogens (tertiary/aromatic N) is 3. The van der Waals surface area contributed by atoms with Crippen molar-refractivity contribution in [3.63, 3.8) is 0 Å². The Morgan fingerprint density at radius 2 is 2.21 bits per heavy atom. The molecule has 24 heavy (non-hydrogen) atoms. The molecule has 0 N–H and O–H groups in total. The molecular formula is C17H16ClN3OS2. The van der Waals surface area contributed by atoms with E-state index in [0.717, 1.165) is 28.0 Å². The highest BCUT2D eigenvalue weighted by Crippen LogP contribution is 2.42. The molecular weight excluding hydrogens is 362 g/mol. The fraction of sp³-hybridized carbons (Fsp3) is 0.294. The average Bonchev–Trinajstić information content (AvgIpc) is 3.11. The Balaban J connectivity index is 1.61. The zero-order valence-corrected chi connectivity index (χ0v) is 15.5. The highest BCUT2D eigenvalue weighted by Gasteiger charge is 2.30. The Labute approximate surface area is 153 Å². The number of rotatable bonds is 6. The van der Waals surface area contributed by atoms with Crippen molar-refractivity contribution in [3.8, 4) is 16.5 Å². The van der Waals surface area contributed by atoms with Crippen LogP contribution in [0.5, 0.6) is 5.75 Å². The second kappa shape index (κ2) is 6.78. The molecule has 1 aliphatic rings. The number of thioether (sulfide) groups is 1. The van der Waals surface area contributed by atoms with E-state index in [4.69, 9.17) is 16.3 Å². The highest BCUT2D eigenvalue weighted by atomic mass is 35.5. The standard InChI is InChI=1S/C17H16ClN3OS2/c1-22-14-7-4-12(18)9-11(14)10-24-17-20-19-16(15-3-2-8-23-15)21(17)13-5-6-13/h2-4,7-9,13H,5-6,10H2,1H3. The molecule has 124 valence electrons. The summed E-state index contributed by atoms with van der Waals surface area (Å²) in [6.07, 6.45) is 2.40. The van der Waals surface area contributed by atoms with Crippen molar-refractivity contribution >= 4 is 34.7 Å². The van der Waals surface area contributed by atoms with Gasteiger partial charge < -0.3 is 4.74 Å². The quantitative estimate of drug-likeness (QED) is 0.547. The van der Waals surface area contributed by atoms with Gasteiger partial charge in [-0.2, -0.15) is 0 Å². The molecule has 0 unspecified atom stereocenters. The summed E-state index contributed by atoms with van der Waals surface area (Å²) < 4.78 is 7.72. The average molecular weight is 378 g/mol. The monoisotopic (exact) mass is 377 g/mol. The van der Waals surface area contributed by atoms with E-state index in [-0.39, 0.29) is 0 Å². The van der Waals surface area contributed by atoms with Crippen molar-refractivity contribution in [3.05, 3.63) is 46.3 Å². The zero-order chi connectivity index (χ0) is 16.5. The lowest BCUT2D eigenvalue weighted by atomic mass is 10.2. The van der Waals surface area contributed by atoms with Crippen LogP contribution in [0.25, 0.3) is 10.7 Å². The number of methoxy groups -OCH3 is 1. The molecule has 0 saturated heterocycles. The number of ether oxygens (including phenoxy) is 1. The molecule has 0 amide bonds. The van der Waals surface area contributed by atoms with E-state index in [1.54, 1.807) is 30.2 Å². The smallest absolute Gasteiger partial charge is 0.192 e. The molecule has 0 bridgehead atoms. The molecule has 0 atom stereocenters. The van der Waals surface area contributed by atoms with Gasteiger partial charge in [-0.3, -0.25) is 4.57 Å². The minimum absolute atomic E-state index is 0.529. The van der Waals surface area contributed by atoms with Crippen molar-refractivity contribution in [2.24, 2.45) is 0 Å². The molecule has 7 heteroatoms. The van der Waals surface area contributed by atoms with Crippen LogP contribution in [0.4, 0.5) is 0 Å². The molecule has 2 aromatic heterocycles. The predicted octanol–water partition coefficient (Wildman–Crippen LogP) is 5.30. The SMILES string of the molecule is COc1ccc(Cl)cc1CSc1nnc(-c2cccs2)n1C1CC1. The summed E-state index contributed by atoms with van der Waals surface area (Å²) in [6.45, 7) is 0. The molecule has 1 aromatic carbocycles. The van der Waals surface area contributed by atoms with Crippen LogP contribution in [-0.4, -0.2) is 21.9 Å². The van der Waals surface area contributed by atoms with E-state index in [1.165, 1.54) is 17.7 Å². The van der Waals surface area contributed by atoms with Crippen molar-refractivity contribution in [1.82, 2.24) is 14.8 Å². The van der Waals surface area contributed by atoms with Crippen LogP contribution in [0, 0.1) is 0 Å². The lowest BCUT2D eigenvalue weighted by Crippen LogP contribution is -1.99. The van der Waals surface area contributed by atoms with E-state index in [9.17, 15) is 0 Å². The number of hydrogen-bond acceptors (Lipinski definition) is 5. The van der Waals surface area contributed by atoms with E-state index in [1.807, 2.05) is 18.2 Å². The summed E-state index contributed by atoms with van der Waals surface area (Å²) in [5.41, 5.74) is 1.07. The van der Waals surface area contributed by atoms with Gasteiger partial charge in [0.15, 0.2) is 11.0 Å². The maximum absolute atomic E-state index is 6.12. The maximum Gasteiger partial charge on any atom is 0.192 e. The van der Waals surface area contributed by atoms with Gasteiger partial charge >= 0.3 is 0 Å². The number of benzene rings is 1. The number of aromatic nitrogens is 3. The molecule has 1 fully saturated rings. The number of hydrogen-bond donors (Lipinski definition) is 0. The van der Waals surface area contributed by atoms with E-state index < -0.39 is 0 Å². The summed E-state index contributed by atoms with van der Waals surface area (Å²) in [5, 5.41) is 12.6. The molecule has 4 rings (SSSR count). The third-order valence-corrected chi connectivity index (χ3v) is 6.01. The second-order valence-electron chi connectivity index (χ2n) is 5.63. The summed E-state index contributed by atoms with van der Waals surface area (Å²) in [7, 11) is 1.68. The van der Waals surface area contributed by atoms with Crippen LogP contribution in [0.1, 0.15) is 24.4 Å². The molecule has 1 aliphatic carbocycles. The van der Waals surface area contributed by atoms with Gasteiger partial charge in [-0.1, -0.05) is 29.4 Å². The zero-order valence-electron chi connectivity index (χ0n) is 13.1. The van der Waals surface area contributed by atoms with Gasteiger partial charge in [-0.05, 0) is 42.5 Å². The first-order valence-electron chi connectivity index (χ1n) is 7.70. The number of halogens is 1. The third kappa shape index (κ3) is 3.18. The molecule has 3 aromatic rings. The van der Waals surface area contributed by atoms with Gasteiger partial charge in [0.1, 0.15) is 5.75 Å². The van der Waals surface area contributed by atoms with Crippen LogP contribution in [0.15, 0.2) is 40.9 Å². The van der Waals surface area contributed by atoms with Gasteiger partial charge in [0, 0.05) is 22.4 Å². The van der Waals surface area contributed by atoms with Gasteiger partial charge in [-0.25, -0.2) is 0 Å². The van der Waals surface area contributed by atoms with E-state index in [0.29, 0.717) is 11.1 Å². The van der Waals surface area contributed by atoms with Gasteiger partial charge in [0.25, 0.3) is 0 Å². The third-order valence-electron chi connectivity index (χ3n) is 3.92. The Morgan fingerprint density at radius 1 is 1.33 bits per heavy atom. The lowest BCUT2D eigenvalue weighted by Gasteiger charge is -2.10. The summed E-state index contributed by atoms with van der Waals surface area (Å²) in [4.78, 5) is 1.17. The van der Waals surface area contributed by atoms with Crippen LogP contribution < -0.4 is 4.74 Å². The molecule has 1 saturated carbocycles. The minimum Gasteiger partial charge on any atom is -0.496 e. The summed E-state index contributed by atoms with van der Waals surface area (Å²) >= 11 is 9.50. The summed E-state index contributed by atoms with van der Waals surface area (Å²) in [5.74, 6) is 2.58. The van der Waals surface area contributed by atoms with Crippen molar-refractivity contribution in [2.45, 2.75) is 29.8 Å². The molecule has 4 nitrogen and oxygen atoms in total. The van der Waals surface area contributed by atoms with E-state index >= 15 is 0 Å². The van der Waals surface area contributed by atoms with Gasteiger partial charge in [0.2, 0.25) is 0 Å². The fourth-order valence-electron chi connectivity index (χ4n) is 2.61. The van der Waals surface area contributed by atoms with Crippen molar-refractivity contribution in [1.29, 1.82) is 0 Å². The van der Waals surface area contributed by atoms with Crippen molar-refractivity contribution < 1.29 is 4.74 Å². The largest absolute Gasteiger partial charge is 0.496 e.